The van der Waals surface area contributed by atoms with Crippen molar-refractivity contribution in [2.45, 2.75) is 45.1 Å². The Morgan fingerprint density at radius 2 is 2.11 bits per heavy atom. The van der Waals surface area contributed by atoms with Gasteiger partial charge in [-0.1, -0.05) is 6.92 Å². The molecule has 2 aliphatic rings. The van der Waals surface area contributed by atoms with Gasteiger partial charge in [-0.25, -0.2) is 0 Å². The molecule has 0 radical (unpaired) electrons. The monoisotopic (exact) mass is 254 g/mol. The van der Waals surface area contributed by atoms with Crippen LogP contribution in [0.1, 0.15) is 39.0 Å². The van der Waals surface area contributed by atoms with Crippen molar-refractivity contribution < 1.29 is 9.53 Å². The summed E-state index contributed by atoms with van der Waals surface area (Å²) in [6.07, 6.45) is 5.91. The van der Waals surface area contributed by atoms with E-state index in [9.17, 15) is 4.79 Å². The molecule has 1 unspecified atom stereocenters. The number of ether oxygens (including phenoxy) is 1. The second-order valence-corrected chi connectivity index (χ2v) is 5.47. The van der Waals surface area contributed by atoms with Crippen LogP contribution in [0.25, 0.3) is 0 Å². The van der Waals surface area contributed by atoms with Gasteiger partial charge < -0.3 is 15.0 Å². The Labute approximate surface area is 110 Å². The summed E-state index contributed by atoms with van der Waals surface area (Å²) in [5.41, 5.74) is 0. The fraction of sp³-hybridized carbons (Fsp3) is 0.929. The van der Waals surface area contributed by atoms with Crippen LogP contribution in [0.3, 0.4) is 0 Å². The third kappa shape index (κ3) is 3.69. The van der Waals surface area contributed by atoms with Gasteiger partial charge in [0.2, 0.25) is 5.91 Å². The molecular formula is C14H26N2O2. The number of rotatable bonds is 5. The van der Waals surface area contributed by atoms with Crippen molar-refractivity contribution in [1.82, 2.24) is 10.2 Å². The molecule has 2 fully saturated rings. The summed E-state index contributed by atoms with van der Waals surface area (Å²) in [6.45, 7) is 6.02. The fourth-order valence-corrected chi connectivity index (χ4v) is 3.06. The van der Waals surface area contributed by atoms with E-state index in [2.05, 4.69) is 12.2 Å². The first-order valence-corrected chi connectivity index (χ1v) is 7.40. The maximum Gasteiger partial charge on any atom is 0.248 e. The Morgan fingerprint density at radius 1 is 1.33 bits per heavy atom. The van der Waals surface area contributed by atoms with Crippen LogP contribution in [0.5, 0.6) is 0 Å². The predicted molar refractivity (Wildman–Crippen MR) is 71.4 cm³/mol. The number of amides is 1. The van der Waals surface area contributed by atoms with Crippen molar-refractivity contribution in [2.24, 2.45) is 5.92 Å². The van der Waals surface area contributed by atoms with E-state index in [0.29, 0.717) is 12.6 Å². The number of hydrogen-bond donors (Lipinski definition) is 1. The molecular weight excluding hydrogens is 228 g/mol. The minimum atomic E-state index is 0.168. The highest BCUT2D eigenvalue weighted by Gasteiger charge is 2.29. The van der Waals surface area contributed by atoms with Gasteiger partial charge >= 0.3 is 0 Å². The Kier molecular flexibility index (Phi) is 5.45. The molecule has 0 aliphatic carbocycles. The molecule has 104 valence electrons. The molecule has 0 aromatic heterocycles. The second kappa shape index (κ2) is 7.10. The number of hydrogen-bond acceptors (Lipinski definition) is 3. The minimum absolute atomic E-state index is 0.168. The lowest BCUT2D eigenvalue weighted by atomic mass is 9.88. The number of nitrogens with zero attached hydrogens (tertiary/aromatic N) is 1. The maximum absolute atomic E-state index is 11.9. The van der Waals surface area contributed by atoms with Crippen molar-refractivity contribution >= 4 is 5.91 Å². The normalized spacial score (nSPS) is 25.6. The first-order chi connectivity index (χ1) is 8.81. The summed E-state index contributed by atoms with van der Waals surface area (Å²) in [7, 11) is 0. The van der Waals surface area contributed by atoms with E-state index in [1.54, 1.807) is 0 Å². The first-order valence-electron chi connectivity index (χ1n) is 7.40. The highest BCUT2D eigenvalue weighted by Crippen LogP contribution is 2.25. The zero-order chi connectivity index (χ0) is 12.8. The van der Waals surface area contributed by atoms with E-state index in [-0.39, 0.29) is 12.5 Å². The molecule has 4 nitrogen and oxygen atoms in total. The Bertz CT molecular complexity index is 257. The molecule has 0 aromatic carbocycles. The minimum Gasteiger partial charge on any atom is -0.372 e. The fourth-order valence-electron chi connectivity index (χ4n) is 3.06. The molecule has 2 heterocycles. The number of nitrogens with one attached hydrogen (secondary N) is 1. The Balaban J connectivity index is 1.67. The molecule has 18 heavy (non-hydrogen) atoms. The van der Waals surface area contributed by atoms with E-state index >= 15 is 0 Å². The van der Waals surface area contributed by atoms with E-state index < -0.39 is 0 Å². The molecule has 0 saturated carbocycles. The Morgan fingerprint density at radius 3 is 2.72 bits per heavy atom. The molecule has 0 aromatic rings. The van der Waals surface area contributed by atoms with E-state index in [0.717, 1.165) is 38.3 Å². The number of piperidine rings is 1. The largest absolute Gasteiger partial charge is 0.372 e. The zero-order valence-corrected chi connectivity index (χ0v) is 11.5. The van der Waals surface area contributed by atoms with Gasteiger partial charge in [-0.2, -0.15) is 0 Å². The summed E-state index contributed by atoms with van der Waals surface area (Å²) < 4.78 is 5.32. The summed E-state index contributed by atoms with van der Waals surface area (Å²) in [5.74, 6) is 0.939. The highest BCUT2D eigenvalue weighted by atomic mass is 16.5. The van der Waals surface area contributed by atoms with Crippen LogP contribution in [-0.2, 0) is 9.53 Å². The van der Waals surface area contributed by atoms with Crippen molar-refractivity contribution in [3.8, 4) is 0 Å². The third-order valence-electron chi connectivity index (χ3n) is 4.13. The van der Waals surface area contributed by atoms with Crippen molar-refractivity contribution in [1.29, 1.82) is 0 Å². The first kappa shape index (κ1) is 13.8. The average Bonchev–Trinajstić information content (AvgIpc) is 2.93. The summed E-state index contributed by atoms with van der Waals surface area (Å²) >= 11 is 0. The molecule has 0 bridgehead atoms. The van der Waals surface area contributed by atoms with Crippen LogP contribution in [0.4, 0.5) is 0 Å². The van der Waals surface area contributed by atoms with Crippen LogP contribution in [0, 0.1) is 5.92 Å². The topological polar surface area (TPSA) is 41.6 Å². The van der Waals surface area contributed by atoms with Crippen molar-refractivity contribution in [3.63, 3.8) is 0 Å². The van der Waals surface area contributed by atoms with Crippen LogP contribution in [0.15, 0.2) is 0 Å². The van der Waals surface area contributed by atoms with Gasteiger partial charge in [0, 0.05) is 25.7 Å². The van der Waals surface area contributed by atoms with Gasteiger partial charge in [0.1, 0.15) is 6.61 Å². The number of likely N-dealkylation sites (tertiary alicyclic amines) is 1. The smallest absolute Gasteiger partial charge is 0.248 e. The molecule has 2 saturated heterocycles. The number of carbonyl (C=O) groups excluding carboxylic acids is 1. The quantitative estimate of drug-likeness (QED) is 0.754. The SMILES string of the molecule is CCCOCC(=O)N1CCC(C2CCCN2)CC1. The molecule has 0 spiro atoms. The van der Waals surface area contributed by atoms with E-state index in [1.165, 1.54) is 19.4 Å². The van der Waals surface area contributed by atoms with Gasteiger partial charge in [-0.15, -0.1) is 0 Å². The molecule has 4 heteroatoms. The summed E-state index contributed by atoms with van der Waals surface area (Å²) in [6, 6.07) is 0.707. The molecule has 1 N–H and O–H groups in total. The van der Waals surface area contributed by atoms with Gasteiger partial charge in [-0.05, 0) is 44.6 Å². The van der Waals surface area contributed by atoms with E-state index in [1.807, 2.05) is 4.90 Å². The maximum atomic E-state index is 11.9. The van der Waals surface area contributed by atoms with Gasteiger partial charge in [0.05, 0.1) is 0 Å². The summed E-state index contributed by atoms with van der Waals surface area (Å²) in [5, 5.41) is 3.58. The van der Waals surface area contributed by atoms with Gasteiger partial charge in [0.15, 0.2) is 0 Å². The molecule has 2 aliphatic heterocycles. The average molecular weight is 254 g/mol. The van der Waals surface area contributed by atoms with Gasteiger partial charge in [-0.3, -0.25) is 4.79 Å². The standard InChI is InChI=1S/C14H26N2O2/c1-2-10-18-11-14(17)16-8-5-12(6-9-16)13-4-3-7-15-13/h12-13,15H,2-11H2,1H3. The highest BCUT2D eigenvalue weighted by molar-refractivity contribution is 5.77. The second-order valence-electron chi connectivity index (χ2n) is 5.47. The van der Waals surface area contributed by atoms with Crippen LogP contribution in [0.2, 0.25) is 0 Å². The molecule has 1 atom stereocenters. The lowest BCUT2D eigenvalue weighted by Crippen LogP contribution is -2.44. The van der Waals surface area contributed by atoms with Crippen LogP contribution in [-0.4, -0.2) is 49.7 Å². The van der Waals surface area contributed by atoms with Gasteiger partial charge in [0.25, 0.3) is 0 Å². The van der Waals surface area contributed by atoms with Crippen molar-refractivity contribution in [2.75, 3.05) is 32.8 Å². The van der Waals surface area contributed by atoms with Crippen LogP contribution < -0.4 is 5.32 Å². The molecule has 1 amide bonds. The molecule has 2 rings (SSSR count). The van der Waals surface area contributed by atoms with Crippen LogP contribution >= 0.6 is 0 Å². The Hall–Kier alpha value is -0.610. The third-order valence-corrected chi connectivity index (χ3v) is 4.13. The van der Waals surface area contributed by atoms with E-state index in [4.69, 9.17) is 4.74 Å². The lowest BCUT2D eigenvalue weighted by Gasteiger charge is -2.34. The predicted octanol–water partition coefficient (Wildman–Crippen LogP) is 1.40. The van der Waals surface area contributed by atoms with Crippen molar-refractivity contribution in [3.05, 3.63) is 0 Å². The number of carbonyl (C=O) groups is 1. The lowest BCUT2D eigenvalue weighted by molar-refractivity contribution is -0.137. The summed E-state index contributed by atoms with van der Waals surface area (Å²) in [4.78, 5) is 13.9. The zero-order valence-electron chi connectivity index (χ0n) is 11.5.